The van der Waals surface area contributed by atoms with E-state index in [1.807, 2.05) is 48.5 Å². The Balaban J connectivity index is 1.91. The van der Waals surface area contributed by atoms with Crippen LogP contribution < -0.4 is 15.2 Å². The van der Waals surface area contributed by atoms with Crippen LogP contribution in [0.5, 0.6) is 11.5 Å². The lowest BCUT2D eigenvalue weighted by Gasteiger charge is -2.15. The number of fused-ring (bicyclic) bond motifs is 1. The summed E-state index contributed by atoms with van der Waals surface area (Å²) in [5.74, 6) is 1.60. The Hall–Kier alpha value is -2.00. The van der Waals surface area contributed by atoms with Crippen LogP contribution in [0.2, 0.25) is 0 Å². The monoisotopic (exact) mass is 255 g/mol. The molecule has 0 aromatic heterocycles. The number of rotatable bonds is 2. The molecule has 1 aliphatic heterocycles. The molecule has 2 aromatic carbocycles. The van der Waals surface area contributed by atoms with Crippen molar-refractivity contribution in [1.82, 2.24) is 0 Å². The lowest BCUT2D eigenvalue weighted by molar-refractivity contribution is 0.297. The summed E-state index contributed by atoms with van der Waals surface area (Å²) >= 11 is 0. The van der Waals surface area contributed by atoms with Gasteiger partial charge in [-0.1, -0.05) is 36.4 Å². The molecule has 3 heteroatoms. The quantitative estimate of drug-likeness (QED) is 0.897. The Kier molecular flexibility index (Phi) is 3.38. The molecule has 1 unspecified atom stereocenters. The zero-order valence-electron chi connectivity index (χ0n) is 10.7. The fourth-order valence-electron chi connectivity index (χ4n) is 2.23. The Bertz CT molecular complexity index is 554. The van der Waals surface area contributed by atoms with Crippen LogP contribution >= 0.6 is 0 Å². The summed E-state index contributed by atoms with van der Waals surface area (Å²) in [6.45, 7) is 1.40. The molecular weight excluding hydrogens is 238 g/mol. The lowest BCUT2D eigenvalue weighted by atomic mass is 9.99. The number of benzene rings is 2. The molecule has 0 aliphatic carbocycles. The largest absolute Gasteiger partial charge is 0.490 e. The van der Waals surface area contributed by atoms with Crippen LogP contribution in [0.4, 0.5) is 0 Å². The molecule has 1 atom stereocenters. The Morgan fingerprint density at radius 1 is 0.842 bits per heavy atom. The smallest absolute Gasteiger partial charge is 0.161 e. The molecule has 0 saturated carbocycles. The van der Waals surface area contributed by atoms with Gasteiger partial charge in [-0.25, -0.2) is 0 Å². The van der Waals surface area contributed by atoms with E-state index in [2.05, 4.69) is 0 Å². The molecule has 0 bridgehead atoms. The second-order valence-electron chi connectivity index (χ2n) is 4.65. The van der Waals surface area contributed by atoms with Gasteiger partial charge in [0.15, 0.2) is 11.5 Å². The van der Waals surface area contributed by atoms with Gasteiger partial charge in [0.25, 0.3) is 0 Å². The maximum absolute atomic E-state index is 6.29. The SMILES string of the molecule is NC(c1ccccc1)c1ccc2c(c1)OCCCO2. The maximum Gasteiger partial charge on any atom is 0.161 e. The zero-order chi connectivity index (χ0) is 13.1. The van der Waals surface area contributed by atoms with Crippen LogP contribution in [0.15, 0.2) is 48.5 Å². The predicted octanol–water partition coefficient (Wildman–Crippen LogP) is 2.90. The zero-order valence-corrected chi connectivity index (χ0v) is 10.7. The highest BCUT2D eigenvalue weighted by molar-refractivity contribution is 5.46. The molecule has 3 nitrogen and oxygen atoms in total. The van der Waals surface area contributed by atoms with Crippen molar-refractivity contribution in [2.75, 3.05) is 13.2 Å². The minimum absolute atomic E-state index is 0.140. The fraction of sp³-hybridized carbons (Fsp3) is 0.250. The van der Waals surface area contributed by atoms with Crippen LogP contribution in [0.1, 0.15) is 23.6 Å². The van der Waals surface area contributed by atoms with Crippen molar-refractivity contribution in [3.8, 4) is 11.5 Å². The van der Waals surface area contributed by atoms with E-state index in [0.29, 0.717) is 13.2 Å². The van der Waals surface area contributed by atoms with E-state index in [-0.39, 0.29) is 6.04 Å². The Morgan fingerprint density at radius 2 is 1.58 bits per heavy atom. The van der Waals surface area contributed by atoms with Crippen LogP contribution in [0, 0.1) is 0 Å². The molecule has 2 aromatic rings. The molecule has 0 radical (unpaired) electrons. The first-order chi connectivity index (χ1) is 9.34. The summed E-state index contributed by atoms with van der Waals surface area (Å²) in [7, 11) is 0. The van der Waals surface area contributed by atoms with E-state index in [1.54, 1.807) is 0 Å². The summed E-state index contributed by atoms with van der Waals surface area (Å²) in [4.78, 5) is 0. The van der Waals surface area contributed by atoms with Crippen molar-refractivity contribution in [3.63, 3.8) is 0 Å². The molecule has 98 valence electrons. The standard InChI is InChI=1S/C16H17NO2/c17-16(12-5-2-1-3-6-12)13-7-8-14-15(11-13)19-10-4-9-18-14/h1-3,5-8,11,16H,4,9-10,17H2. The minimum Gasteiger partial charge on any atom is -0.490 e. The van der Waals surface area contributed by atoms with Gasteiger partial charge in [-0.15, -0.1) is 0 Å². The maximum atomic E-state index is 6.29. The number of hydrogen-bond acceptors (Lipinski definition) is 3. The van der Waals surface area contributed by atoms with Crippen LogP contribution in [-0.2, 0) is 0 Å². The van der Waals surface area contributed by atoms with Crippen LogP contribution in [-0.4, -0.2) is 13.2 Å². The predicted molar refractivity (Wildman–Crippen MR) is 74.5 cm³/mol. The van der Waals surface area contributed by atoms with E-state index >= 15 is 0 Å². The molecule has 3 rings (SSSR count). The molecule has 0 fully saturated rings. The summed E-state index contributed by atoms with van der Waals surface area (Å²) in [5, 5.41) is 0. The molecule has 2 N–H and O–H groups in total. The van der Waals surface area contributed by atoms with Gasteiger partial charge >= 0.3 is 0 Å². The van der Waals surface area contributed by atoms with Crippen molar-refractivity contribution in [2.45, 2.75) is 12.5 Å². The first-order valence-corrected chi connectivity index (χ1v) is 6.54. The van der Waals surface area contributed by atoms with Gasteiger partial charge in [0, 0.05) is 6.42 Å². The van der Waals surface area contributed by atoms with Crippen molar-refractivity contribution in [3.05, 3.63) is 59.7 Å². The van der Waals surface area contributed by atoms with E-state index in [9.17, 15) is 0 Å². The van der Waals surface area contributed by atoms with Crippen molar-refractivity contribution in [1.29, 1.82) is 0 Å². The highest BCUT2D eigenvalue weighted by Gasteiger charge is 2.14. The van der Waals surface area contributed by atoms with Gasteiger partial charge in [0.1, 0.15) is 0 Å². The highest BCUT2D eigenvalue weighted by atomic mass is 16.5. The third kappa shape index (κ3) is 2.56. The fourth-order valence-corrected chi connectivity index (χ4v) is 2.23. The Morgan fingerprint density at radius 3 is 2.37 bits per heavy atom. The van der Waals surface area contributed by atoms with Gasteiger partial charge < -0.3 is 15.2 Å². The van der Waals surface area contributed by atoms with E-state index < -0.39 is 0 Å². The first kappa shape index (κ1) is 12.1. The van der Waals surface area contributed by atoms with E-state index in [4.69, 9.17) is 15.2 Å². The van der Waals surface area contributed by atoms with Crippen molar-refractivity contribution in [2.24, 2.45) is 5.73 Å². The van der Waals surface area contributed by atoms with E-state index in [0.717, 1.165) is 29.0 Å². The average Bonchev–Trinajstić information content (AvgIpc) is 2.72. The van der Waals surface area contributed by atoms with Gasteiger partial charge in [-0.3, -0.25) is 0 Å². The molecular formula is C16H17NO2. The van der Waals surface area contributed by atoms with Gasteiger partial charge in [-0.2, -0.15) is 0 Å². The van der Waals surface area contributed by atoms with Crippen LogP contribution in [0.25, 0.3) is 0 Å². The third-order valence-corrected chi connectivity index (χ3v) is 3.29. The highest BCUT2D eigenvalue weighted by Crippen LogP contribution is 2.33. The normalized spacial score (nSPS) is 15.6. The number of nitrogens with two attached hydrogens (primary N) is 1. The molecule has 0 amide bonds. The number of hydrogen-bond donors (Lipinski definition) is 1. The number of ether oxygens (including phenoxy) is 2. The summed E-state index contributed by atoms with van der Waals surface area (Å²) in [6.07, 6.45) is 0.911. The molecule has 1 aliphatic rings. The molecule has 1 heterocycles. The minimum atomic E-state index is -0.140. The molecule has 19 heavy (non-hydrogen) atoms. The summed E-state index contributed by atoms with van der Waals surface area (Å²) in [6, 6.07) is 15.9. The van der Waals surface area contributed by atoms with E-state index in [1.165, 1.54) is 0 Å². The topological polar surface area (TPSA) is 44.5 Å². The third-order valence-electron chi connectivity index (χ3n) is 3.29. The molecule has 0 saturated heterocycles. The lowest BCUT2D eigenvalue weighted by Crippen LogP contribution is -2.11. The average molecular weight is 255 g/mol. The van der Waals surface area contributed by atoms with Crippen molar-refractivity contribution >= 4 is 0 Å². The molecule has 0 spiro atoms. The summed E-state index contributed by atoms with van der Waals surface area (Å²) in [5.41, 5.74) is 8.42. The van der Waals surface area contributed by atoms with Crippen LogP contribution in [0.3, 0.4) is 0 Å². The second kappa shape index (κ2) is 5.33. The van der Waals surface area contributed by atoms with Gasteiger partial charge in [-0.05, 0) is 23.3 Å². The van der Waals surface area contributed by atoms with Gasteiger partial charge in [0.05, 0.1) is 19.3 Å². The van der Waals surface area contributed by atoms with Gasteiger partial charge in [0.2, 0.25) is 0 Å². The first-order valence-electron chi connectivity index (χ1n) is 6.54. The Labute approximate surface area is 113 Å². The second-order valence-corrected chi connectivity index (χ2v) is 4.65. The van der Waals surface area contributed by atoms with Crippen molar-refractivity contribution < 1.29 is 9.47 Å². The summed E-state index contributed by atoms with van der Waals surface area (Å²) < 4.78 is 11.3.